The van der Waals surface area contributed by atoms with Gasteiger partial charge in [-0.15, -0.1) is 0 Å². The van der Waals surface area contributed by atoms with Crippen LogP contribution in [0.2, 0.25) is 0 Å². The van der Waals surface area contributed by atoms with Gasteiger partial charge in [0.15, 0.2) is 11.4 Å². The van der Waals surface area contributed by atoms with Crippen molar-refractivity contribution in [3.63, 3.8) is 0 Å². The Balaban J connectivity index is 1.90. The minimum atomic E-state index is -1.05. The largest absolute Gasteiger partial charge is 0.476 e. The molecule has 1 atom stereocenters. The van der Waals surface area contributed by atoms with Gasteiger partial charge in [-0.05, 0) is 25.0 Å². The molecule has 3 rings (SSSR count). The topological polar surface area (TPSA) is 73.6 Å². The van der Waals surface area contributed by atoms with Gasteiger partial charge in [-0.25, -0.2) is 9.48 Å². The van der Waals surface area contributed by atoms with Crippen molar-refractivity contribution < 1.29 is 19.4 Å². The van der Waals surface area contributed by atoms with E-state index in [-0.39, 0.29) is 17.5 Å². The molecule has 0 amide bonds. The van der Waals surface area contributed by atoms with E-state index in [0.29, 0.717) is 19.0 Å². The first kappa shape index (κ1) is 13.6. The summed E-state index contributed by atoms with van der Waals surface area (Å²) >= 11 is 0. The highest BCUT2D eigenvalue weighted by Gasteiger charge is 2.26. The first-order valence-electron chi connectivity index (χ1n) is 6.87. The molecule has 110 valence electrons. The Hall–Kier alpha value is -2.34. The summed E-state index contributed by atoms with van der Waals surface area (Å²) in [5, 5.41) is 13.7. The number of para-hydroxylation sites is 1. The van der Waals surface area contributed by atoms with Crippen LogP contribution in [0.15, 0.2) is 36.5 Å². The van der Waals surface area contributed by atoms with Crippen molar-refractivity contribution in [2.45, 2.75) is 18.9 Å². The number of rotatable bonds is 4. The summed E-state index contributed by atoms with van der Waals surface area (Å²) in [6, 6.07) is 9.01. The molecule has 0 bridgehead atoms. The van der Waals surface area contributed by atoms with Gasteiger partial charge in [0.1, 0.15) is 5.75 Å². The standard InChI is InChI=1S/C15H16N2O4/c18-15(19)14-13(21-12-6-2-1-3-7-12)9-16-17(14)11-5-4-8-20-10-11/h1-3,6-7,9,11H,4-5,8,10H2,(H,18,19). The molecule has 2 aromatic rings. The summed E-state index contributed by atoms with van der Waals surface area (Å²) in [6.07, 6.45) is 3.20. The first-order chi connectivity index (χ1) is 10.3. The molecule has 0 radical (unpaired) electrons. The van der Waals surface area contributed by atoms with Gasteiger partial charge < -0.3 is 14.6 Å². The summed E-state index contributed by atoms with van der Waals surface area (Å²) < 4.78 is 12.5. The second-order valence-corrected chi connectivity index (χ2v) is 4.89. The average molecular weight is 288 g/mol. The summed E-state index contributed by atoms with van der Waals surface area (Å²) in [6.45, 7) is 1.19. The van der Waals surface area contributed by atoms with Crippen molar-refractivity contribution in [3.05, 3.63) is 42.2 Å². The predicted octanol–water partition coefficient (Wildman–Crippen LogP) is 2.73. The zero-order chi connectivity index (χ0) is 14.7. The van der Waals surface area contributed by atoms with Crippen LogP contribution < -0.4 is 4.74 Å². The minimum absolute atomic E-state index is 0.0574. The van der Waals surface area contributed by atoms with Crippen LogP contribution in [0.1, 0.15) is 29.4 Å². The van der Waals surface area contributed by atoms with E-state index in [2.05, 4.69) is 5.10 Å². The fourth-order valence-corrected chi connectivity index (χ4v) is 2.43. The van der Waals surface area contributed by atoms with Crippen LogP contribution >= 0.6 is 0 Å². The van der Waals surface area contributed by atoms with Crippen molar-refractivity contribution in [3.8, 4) is 11.5 Å². The van der Waals surface area contributed by atoms with Crippen LogP contribution in [0.3, 0.4) is 0 Å². The minimum Gasteiger partial charge on any atom is -0.476 e. The van der Waals surface area contributed by atoms with Crippen LogP contribution in [0.4, 0.5) is 0 Å². The smallest absolute Gasteiger partial charge is 0.358 e. The fraction of sp³-hybridized carbons (Fsp3) is 0.333. The molecule has 6 heteroatoms. The lowest BCUT2D eigenvalue weighted by atomic mass is 10.1. The Labute approximate surface area is 121 Å². The van der Waals surface area contributed by atoms with Gasteiger partial charge >= 0.3 is 5.97 Å². The average Bonchev–Trinajstić information content (AvgIpc) is 2.93. The number of hydrogen-bond acceptors (Lipinski definition) is 4. The van der Waals surface area contributed by atoms with Crippen LogP contribution in [0.25, 0.3) is 0 Å². The Morgan fingerprint density at radius 3 is 2.86 bits per heavy atom. The monoisotopic (exact) mass is 288 g/mol. The van der Waals surface area contributed by atoms with E-state index in [1.165, 1.54) is 10.9 Å². The lowest BCUT2D eigenvalue weighted by Crippen LogP contribution is -2.25. The zero-order valence-corrected chi connectivity index (χ0v) is 11.4. The second kappa shape index (κ2) is 5.97. The van der Waals surface area contributed by atoms with Crippen molar-refractivity contribution in [1.29, 1.82) is 0 Å². The Bertz CT molecular complexity index is 618. The first-order valence-corrected chi connectivity index (χ1v) is 6.87. The van der Waals surface area contributed by atoms with Crippen molar-refractivity contribution in [1.82, 2.24) is 9.78 Å². The highest BCUT2D eigenvalue weighted by Crippen LogP contribution is 2.29. The number of nitrogens with zero attached hydrogens (tertiary/aromatic N) is 2. The number of hydrogen-bond donors (Lipinski definition) is 1. The molecule has 1 aromatic carbocycles. The molecule has 1 saturated heterocycles. The number of benzene rings is 1. The number of carbonyl (C=O) groups is 1. The maximum atomic E-state index is 11.6. The normalized spacial score (nSPS) is 18.4. The molecule has 1 N–H and O–H groups in total. The summed E-state index contributed by atoms with van der Waals surface area (Å²) in [7, 11) is 0. The number of carboxylic acid groups (broad SMARTS) is 1. The molecule has 1 aliphatic heterocycles. The van der Waals surface area contributed by atoms with Gasteiger partial charge in [-0.1, -0.05) is 18.2 Å². The quantitative estimate of drug-likeness (QED) is 0.936. The molecule has 21 heavy (non-hydrogen) atoms. The third-order valence-corrected chi connectivity index (χ3v) is 3.42. The maximum absolute atomic E-state index is 11.6. The van der Waals surface area contributed by atoms with Gasteiger partial charge in [0.05, 0.1) is 18.8 Å². The summed E-state index contributed by atoms with van der Waals surface area (Å²) in [5.74, 6) is -0.220. The predicted molar refractivity (Wildman–Crippen MR) is 74.8 cm³/mol. The number of ether oxygens (including phenoxy) is 2. The van der Waals surface area contributed by atoms with Gasteiger partial charge in [-0.3, -0.25) is 0 Å². The molecule has 0 saturated carbocycles. The fourth-order valence-electron chi connectivity index (χ4n) is 2.43. The number of carboxylic acids is 1. The Kier molecular flexibility index (Phi) is 3.87. The SMILES string of the molecule is O=C(O)c1c(Oc2ccccc2)cnn1C1CCCOC1. The molecule has 1 unspecified atom stereocenters. The van der Waals surface area contributed by atoms with Crippen molar-refractivity contribution in [2.24, 2.45) is 0 Å². The van der Waals surface area contributed by atoms with E-state index in [1.807, 2.05) is 18.2 Å². The van der Waals surface area contributed by atoms with Crippen molar-refractivity contribution in [2.75, 3.05) is 13.2 Å². The van der Waals surface area contributed by atoms with Crippen molar-refractivity contribution >= 4 is 5.97 Å². The lowest BCUT2D eigenvalue weighted by molar-refractivity contribution is 0.0497. The van der Waals surface area contributed by atoms with Crippen LogP contribution in [-0.4, -0.2) is 34.1 Å². The Morgan fingerprint density at radius 1 is 1.38 bits per heavy atom. The molecular formula is C15H16N2O4. The highest BCUT2D eigenvalue weighted by atomic mass is 16.5. The van der Waals surface area contributed by atoms with Crippen LogP contribution in [0, 0.1) is 0 Å². The van der Waals surface area contributed by atoms with E-state index >= 15 is 0 Å². The molecule has 1 aliphatic rings. The van der Waals surface area contributed by atoms with Crippen LogP contribution in [-0.2, 0) is 4.74 Å². The number of aromatic carboxylic acids is 1. The third-order valence-electron chi connectivity index (χ3n) is 3.42. The lowest BCUT2D eigenvalue weighted by Gasteiger charge is -2.23. The molecule has 1 fully saturated rings. The second-order valence-electron chi connectivity index (χ2n) is 4.89. The van der Waals surface area contributed by atoms with Gasteiger partial charge in [0.2, 0.25) is 0 Å². The summed E-state index contributed by atoms with van der Waals surface area (Å²) in [5.41, 5.74) is 0.0642. The van der Waals surface area contributed by atoms with E-state index in [9.17, 15) is 9.90 Å². The molecule has 1 aromatic heterocycles. The summed E-state index contributed by atoms with van der Waals surface area (Å²) in [4.78, 5) is 11.6. The zero-order valence-electron chi connectivity index (χ0n) is 11.4. The van der Waals surface area contributed by atoms with Gasteiger partial charge in [-0.2, -0.15) is 5.10 Å². The maximum Gasteiger partial charge on any atom is 0.358 e. The van der Waals surface area contributed by atoms with E-state index in [0.717, 1.165) is 12.8 Å². The molecule has 6 nitrogen and oxygen atoms in total. The van der Waals surface area contributed by atoms with Crippen LogP contribution in [0.5, 0.6) is 11.5 Å². The molecule has 0 spiro atoms. The highest BCUT2D eigenvalue weighted by molar-refractivity contribution is 5.89. The van der Waals surface area contributed by atoms with E-state index in [4.69, 9.17) is 9.47 Å². The van der Waals surface area contributed by atoms with E-state index in [1.54, 1.807) is 12.1 Å². The van der Waals surface area contributed by atoms with Gasteiger partial charge in [0, 0.05) is 6.61 Å². The Morgan fingerprint density at radius 2 is 2.19 bits per heavy atom. The molecule has 2 heterocycles. The van der Waals surface area contributed by atoms with E-state index < -0.39 is 5.97 Å². The number of aromatic nitrogens is 2. The van der Waals surface area contributed by atoms with Gasteiger partial charge in [0.25, 0.3) is 0 Å². The molecular weight excluding hydrogens is 272 g/mol. The molecule has 0 aliphatic carbocycles. The third kappa shape index (κ3) is 2.90.